The smallest absolute Gasteiger partial charge is 0.238 e. The molecule has 1 heterocycles. The van der Waals surface area contributed by atoms with Crippen molar-refractivity contribution < 1.29 is 9.53 Å². The van der Waals surface area contributed by atoms with Crippen LogP contribution in [-0.4, -0.2) is 50.1 Å². The van der Waals surface area contributed by atoms with Gasteiger partial charge in [0.1, 0.15) is 5.75 Å². The second kappa shape index (κ2) is 8.09. The summed E-state index contributed by atoms with van der Waals surface area (Å²) >= 11 is 0. The predicted molar refractivity (Wildman–Crippen MR) is 82.8 cm³/mol. The maximum atomic E-state index is 12.0. The number of benzene rings is 1. The number of hydrogen-bond acceptors (Lipinski definition) is 4. The molecular formula is C14H22ClN3O2. The van der Waals surface area contributed by atoms with Crippen LogP contribution in [-0.2, 0) is 4.79 Å². The summed E-state index contributed by atoms with van der Waals surface area (Å²) in [6, 6.07) is 7.76. The number of carbonyl (C=O) groups is 1. The SMILES string of the molecule is COc1ccc(NC(=O)CN2CCNCC2C)cc1.Cl. The third-order valence-corrected chi connectivity index (χ3v) is 3.36. The van der Waals surface area contributed by atoms with Crippen molar-refractivity contribution in [3.05, 3.63) is 24.3 Å². The van der Waals surface area contributed by atoms with E-state index in [1.807, 2.05) is 24.3 Å². The molecule has 1 saturated heterocycles. The maximum Gasteiger partial charge on any atom is 0.238 e. The highest BCUT2D eigenvalue weighted by molar-refractivity contribution is 5.92. The van der Waals surface area contributed by atoms with Crippen molar-refractivity contribution >= 4 is 24.0 Å². The number of nitrogens with zero attached hydrogens (tertiary/aromatic N) is 1. The largest absolute Gasteiger partial charge is 0.497 e. The molecule has 1 atom stereocenters. The minimum atomic E-state index is 0. The number of piperazine rings is 1. The lowest BCUT2D eigenvalue weighted by Crippen LogP contribution is -2.51. The highest BCUT2D eigenvalue weighted by atomic mass is 35.5. The number of rotatable bonds is 4. The average molecular weight is 300 g/mol. The Morgan fingerprint density at radius 1 is 1.45 bits per heavy atom. The highest BCUT2D eigenvalue weighted by Gasteiger charge is 2.20. The number of amides is 1. The number of nitrogens with one attached hydrogen (secondary N) is 2. The number of ether oxygens (including phenoxy) is 1. The fourth-order valence-electron chi connectivity index (χ4n) is 2.18. The van der Waals surface area contributed by atoms with Crippen LogP contribution in [0, 0.1) is 0 Å². The highest BCUT2D eigenvalue weighted by Crippen LogP contribution is 2.15. The molecule has 0 bridgehead atoms. The summed E-state index contributed by atoms with van der Waals surface area (Å²) < 4.78 is 5.08. The van der Waals surface area contributed by atoms with Gasteiger partial charge in [-0.05, 0) is 31.2 Å². The van der Waals surface area contributed by atoms with Crippen molar-refractivity contribution in [1.82, 2.24) is 10.2 Å². The van der Waals surface area contributed by atoms with Crippen LogP contribution >= 0.6 is 12.4 Å². The molecule has 1 unspecified atom stereocenters. The zero-order chi connectivity index (χ0) is 13.7. The molecule has 2 rings (SSSR count). The van der Waals surface area contributed by atoms with E-state index in [9.17, 15) is 4.79 Å². The minimum Gasteiger partial charge on any atom is -0.497 e. The summed E-state index contributed by atoms with van der Waals surface area (Å²) in [5, 5.41) is 6.22. The van der Waals surface area contributed by atoms with Crippen LogP contribution in [0.3, 0.4) is 0 Å². The monoisotopic (exact) mass is 299 g/mol. The van der Waals surface area contributed by atoms with Crippen LogP contribution < -0.4 is 15.4 Å². The molecule has 0 saturated carbocycles. The summed E-state index contributed by atoms with van der Waals surface area (Å²) in [6.07, 6.45) is 0. The molecule has 0 radical (unpaired) electrons. The number of hydrogen-bond donors (Lipinski definition) is 2. The average Bonchev–Trinajstić information content (AvgIpc) is 2.42. The van der Waals surface area contributed by atoms with Crippen LogP contribution in [0.1, 0.15) is 6.92 Å². The van der Waals surface area contributed by atoms with E-state index in [4.69, 9.17) is 4.74 Å². The van der Waals surface area contributed by atoms with Crippen molar-refractivity contribution in [2.24, 2.45) is 0 Å². The van der Waals surface area contributed by atoms with Gasteiger partial charge in [0.05, 0.1) is 13.7 Å². The zero-order valence-electron chi connectivity index (χ0n) is 11.9. The summed E-state index contributed by atoms with van der Waals surface area (Å²) in [5.74, 6) is 0.813. The van der Waals surface area contributed by atoms with Crippen LogP contribution in [0.5, 0.6) is 5.75 Å². The molecule has 112 valence electrons. The predicted octanol–water partition coefficient (Wildman–Crippen LogP) is 1.35. The molecule has 5 nitrogen and oxygen atoms in total. The van der Waals surface area contributed by atoms with Crippen LogP contribution in [0.15, 0.2) is 24.3 Å². The van der Waals surface area contributed by atoms with E-state index < -0.39 is 0 Å². The summed E-state index contributed by atoms with van der Waals surface area (Å²) in [4.78, 5) is 14.2. The number of anilines is 1. The quantitative estimate of drug-likeness (QED) is 0.881. The Morgan fingerprint density at radius 2 is 2.15 bits per heavy atom. The number of carbonyl (C=O) groups excluding carboxylic acids is 1. The Bertz CT molecular complexity index is 425. The molecule has 1 fully saturated rings. The molecule has 1 aromatic rings. The lowest BCUT2D eigenvalue weighted by molar-refractivity contribution is -0.118. The van der Waals surface area contributed by atoms with Crippen molar-refractivity contribution in [2.75, 3.05) is 38.6 Å². The summed E-state index contributed by atoms with van der Waals surface area (Å²) in [6.45, 7) is 5.37. The van der Waals surface area contributed by atoms with Gasteiger partial charge in [0.25, 0.3) is 0 Å². The molecule has 20 heavy (non-hydrogen) atoms. The molecule has 1 aliphatic heterocycles. The van der Waals surface area contributed by atoms with Gasteiger partial charge in [-0.25, -0.2) is 0 Å². The van der Waals surface area contributed by atoms with E-state index in [2.05, 4.69) is 22.5 Å². The van der Waals surface area contributed by atoms with Gasteiger partial charge in [-0.15, -0.1) is 12.4 Å². The van der Waals surface area contributed by atoms with Crippen molar-refractivity contribution in [1.29, 1.82) is 0 Å². The van der Waals surface area contributed by atoms with Crippen LogP contribution in [0.25, 0.3) is 0 Å². The molecule has 1 aliphatic rings. The van der Waals surface area contributed by atoms with Gasteiger partial charge in [-0.2, -0.15) is 0 Å². The van der Waals surface area contributed by atoms with Gasteiger partial charge in [0.2, 0.25) is 5.91 Å². The maximum absolute atomic E-state index is 12.0. The fourth-order valence-corrected chi connectivity index (χ4v) is 2.18. The Hall–Kier alpha value is -1.30. The lowest BCUT2D eigenvalue weighted by atomic mass is 10.2. The Morgan fingerprint density at radius 3 is 2.75 bits per heavy atom. The molecule has 1 aromatic carbocycles. The van der Waals surface area contributed by atoms with Gasteiger partial charge in [-0.1, -0.05) is 0 Å². The zero-order valence-corrected chi connectivity index (χ0v) is 12.7. The Balaban J connectivity index is 0.00000200. The summed E-state index contributed by atoms with van der Waals surface area (Å²) in [5.41, 5.74) is 0.800. The van der Waals surface area contributed by atoms with Gasteiger partial charge in [0.15, 0.2) is 0 Å². The molecule has 1 amide bonds. The Labute approximate surface area is 126 Å². The van der Waals surface area contributed by atoms with Crippen molar-refractivity contribution in [3.8, 4) is 5.75 Å². The van der Waals surface area contributed by atoms with Crippen LogP contribution in [0.4, 0.5) is 5.69 Å². The second-order valence-electron chi connectivity index (χ2n) is 4.80. The summed E-state index contributed by atoms with van der Waals surface area (Å²) in [7, 11) is 1.62. The fraction of sp³-hybridized carbons (Fsp3) is 0.500. The Kier molecular flexibility index (Phi) is 6.78. The minimum absolute atomic E-state index is 0. The lowest BCUT2D eigenvalue weighted by Gasteiger charge is -2.33. The molecule has 0 spiro atoms. The third kappa shape index (κ3) is 4.67. The topological polar surface area (TPSA) is 53.6 Å². The van der Waals surface area contributed by atoms with Crippen LogP contribution in [0.2, 0.25) is 0 Å². The van der Waals surface area contributed by atoms with Crippen molar-refractivity contribution in [3.63, 3.8) is 0 Å². The molecule has 0 aromatic heterocycles. The van der Waals surface area contributed by atoms with E-state index in [-0.39, 0.29) is 18.3 Å². The van der Waals surface area contributed by atoms with Gasteiger partial charge < -0.3 is 15.4 Å². The molecule has 2 N–H and O–H groups in total. The first kappa shape index (κ1) is 16.8. The van der Waals surface area contributed by atoms with E-state index in [1.54, 1.807) is 7.11 Å². The second-order valence-corrected chi connectivity index (χ2v) is 4.80. The standard InChI is InChI=1S/C14H21N3O2.ClH/c1-11-9-15-7-8-17(11)10-14(18)16-12-3-5-13(19-2)6-4-12;/h3-6,11,15H,7-10H2,1-2H3,(H,16,18);1H. The van der Waals surface area contributed by atoms with E-state index in [1.165, 1.54) is 0 Å². The first-order valence-electron chi connectivity index (χ1n) is 6.57. The van der Waals surface area contributed by atoms with Gasteiger partial charge in [0, 0.05) is 31.4 Å². The first-order chi connectivity index (χ1) is 9.19. The number of methoxy groups -OCH3 is 1. The van der Waals surface area contributed by atoms with E-state index in [0.717, 1.165) is 31.1 Å². The third-order valence-electron chi connectivity index (χ3n) is 3.36. The van der Waals surface area contributed by atoms with E-state index in [0.29, 0.717) is 12.6 Å². The van der Waals surface area contributed by atoms with Gasteiger partial charge >= 0.3 is 0 Å². The normalized spacial score (nSPS) is 19.0. The van der Waals surface area contributed by atoms with Gasteiger partial charge in [-0.3, -0.25) is 9.69 Å². The molecular weight excluding hydrogens is 278 g/mol. The molecule has 6 heteroatoms. The molecule has 0 aliphatic carbocycles. The number of halogens is 1. The van der Waals surface area contributed by atoms with E-state index >= 15 is 0 Å². The first-order valence-corrected chi connectivity index (χ1v) is 6.57. The van der Waals surface area contributed by atoms with Crippen molar-refractivity contribution in [2.45, 2.75) is 13.0 Å².